The number of hydrogen-bond donors (Lipinski definition) is 1. The molecule has 2 aromatic carbocycles. The lowest BCUT2D eigenvalue weighted by molar-refractivity contribution is 0.600. The Bertz CT molecular complexity index is 773. The zero-order valence-corrected chi connectivity index (χ0v) is 12.5. The Kier molecular flexibility index (Phi) is 4.27. The monoisotopic (exact) mass is 311 g/mol. The fourth-order valence-corrected chi connectivity index (χ4v) is 2.55. The number of halogens is 2. The van der Waals surface area contributed by atoms with Gasteiger partial charge < -0.3 is 5.32 Å². The Morgan fingerprint density at radius 2 is 1.71 bits per heavy atom. The van der Waals surface area contributed by atoms with Crippen molar-refractivity contribution >= 4 is 15.5 Å². The molecule has 3 nitrogen and oxygen atoms in total. The number of benzene rings is 2. The molecule has 2 rings (SSSR count). The number of sulfone groups is 1. The van der Waals surface area contributed by atoms with E-state index in [-0.39, 0.29) is 17.1 Å². The average Bonchev–Trinajstić information content (AvgIpc) is 2.40. The molecule has 0 bridgehead atoms. The Morgan fingerprint density at radius 3 is 2.38 bits per heavy atom. The lowest BCUT2D eigenvalue weighted by Gasteiger charge is -2.10. The van der Waals surface area contributed by atoms with Crippen LogP contribution in [0.2, 0.25) is 0 Å². The zero-order valence-electron chi connectivity index (χ0n) is 11.7. The van der Waals surface area contributed by atoms with E-state index in [0.717, 1.165) is 17.9 Å². The first-order valence-corrected chi connectivity index (χ1v) is 8.15. The second-order valence-corrected chi connectivity index (χ2v) is 6.88. The van der Waals surface area contributed by atoms with Crippen molar-refractivity contribution in [3.8, 4) is 0 Å². The second kappa shape index (κ2) is 5.81. The summed E-state index contributed by atoms with van der Waals surface area (Å²) in [5, 5.41) is 2.73. The van der Waals surface area contributed by atoms with E-state index in [1.54, 1.807) is 12.1 Å². The molecular formula is C15H15F2NO2S. The first kappa shape index (κ1) is 15.4. The molecular weight excluding hydrogens is 296 g/mol. The molecule has 0 saturated heterocycles. The van der Waals surface area contributed by atoms with Gasteiger partial charge in [-0.15, -0.1) is 0 Å². The lowest BCUT2D eigenvalue weighted by Crippen LogP contribution is -2.05. The summed E-state index contributed by atoms with van der Waals surface area (Å²) in [6.45, 7) is 1.89. The molecule has 0 aliphatic rings. The minimum absolute atomic E-state index is 0.0103. The van der Waals surface area contributed by atoms with Gasteiger partial charge >= 0.3 is 0 Å². The maximum Gasteiger partial charge on any atom is 0.175 e. The highest BCUT2D eigenvalue weighted by atomic mass is 32.2. The van der Waals surface area contributed by atoms with Crippen LogP contribution in [0, 0.1) is 18.6 Å². The van der Waals surface area contributed by atoms with Gasteiger partial charge in [-0.3, -0.25) is 0 Å². The fourth-order valence-electron chi connectivity index (χ4n) is 1.90. The van der Waals surface area contributed by atoms with Crippen LogP contribution in [0.3, 0.4) is 0 Å². The Hall–Kier alpha value is -1.95. The van der Waals surface area contributed by atoms with E-state index in [4.69, 9.17) is 0 Å². The van der Waals surface area contributed by atoms with Crippen LogP contribution in [0.1, 0.15) is 11.1 Å². The maximum atomic E-state index is 13.7. The largest absolute Gasteiger partial charge is 0.378 e. The van der Waals surface area contributed by atoms with Crippen LogP contribution >= 0.6 is 0 Å². The number of rotatable bonds is 4. The summed E-state index contributed by atoms with van der Waals surface area (Å²) in [5.41, 5.74) is 1.30. The van der Waals surface area contributed by atoms with Crippen LogP contribution in [0.5, 0.6) is 0 Å². The van der Waals surface area contributed by atoms with Crippen LogP contribution in [-0.2, 0) is 16.4 Å². The number of aryl methyl sites for hydroxylation is 1. The molecule has 0 aliphatic heterocycles. The van der Waals surface area contributed by atoms with Crippen molar-refractivity contribution in [3.63, 3.8) is 0 Å². The van der Waals surface area contributed by atoms with Gasteiger partial charge in [-0.2, -0.15) is 0 Å². The third-order valence-corrected chi connectivity index (χ3v) is 4.15. The summed E-state index contributed by atoms with van der Waals surface area (Å²) >= 11 is 0. The Balaban J connectivity index is 2.26. The smallest absolute Gasteiger partial charge is 0.175 e. The van der Waals surface area contributed by atoms with Crippen LogP contribution in [-0.4, -0.2) is 14.7 Å². The fraction of sp³-hybridized carbons (Fsp3) is 0.200. The van der Waals surface area contributed by atoms with Gasteiger partial charge in [-0.25, -0.2) is 17.2 Å². The van der Waals surface area contributed by atoms with Gasteiger partial charge in [-0.05, 0) is 31.2 Å². The highest BCUT2D eigenvalue weighted by Gasteiger charge is 2.11. The molecule has 0 fully saturated rings. The summed E-state index contributed by atoms with van der Waals surface area (Å²) < 4.78 is 50.2. The molecule has 0 atom stereocenters. The van der Waals surface area contributed by atoms with E-state index in [0.29, 0.717) is 5.56 Å². The van der Waals surface area contributed by atoms with E-state index in [9.17, 15) is 17.2 Å². The number of hydrogen-bond acceptors (Lipinski definition) is 3. The summed E-state index contributed by atoms with van der Waals surface area (Å²) in [7, 11) is -3.42. The van der Waals surface area contributed by atoms with Crippen molar-refractivity contribution < 1.29 is 17.2 Å². The first-order valence-electron chi connectivity index (χ1n) is 6.26. The minimum atomic E-state index is -3.42. The van der Waals surface area contributed by atoms with Gasteiger partial charge in [0.05, 0.1) is 10.6 Å². The number of anilines is 1. The molecule has 112 valence electrons. The van der Waals surface area contributed by atoms with Gasteiger partial charge in [-0.1, -0.05) is 17.7 Å². The molecule has 6 heteroatoms. The predicted molar refractivity (Wildman–Crippen MR) is 78.0 cm³/mol. The molecule has 0 saturated carbocycles. The highest BCUT2D eigenvalue weighted by Crippen LogP contribution is 2.21. The van der Waals surface area contributed by atoms with Crippen LogP contribution in [0.15, 0.2) is 41.3 Å². The van der Waals surface area contributed by atoms with Crippen molar-refractivity contribution in [2.75, 3.05) is 11.6 Å². The normalized spacial score (nSPS) is 11.4. The van der Waals surface area contributed by atoms with Crippen LogP contribution in [0.25, 0.3) is 0 Å². The van der Waals surface area contributed by atoms with Gasteiger partial charge in [0.15, 0.2) is 9.84 Å². The first-order chi connectivity index (χ1) is 9.77. The topological polar surface area (TPSA) is 46.2 Å². The molecule has 0 amide bonds. The Morgan fingerprint density at radius 1 is 1.05 bits per heavy atom. The molecule has 0 radical (unpaired) electrons. The van der Waals surface area contributed by atoms with Crippen molar-refractivity contribution in [1.29, 1.82) is 0 Å². The average molecular weight is 311 g/mol. The van der Waals surface area contributed by atoms with Gasteiger partial charge in [0.2, 0.25) is 0 Å². The van der Waals surface area contributed by atoms with E-state index >= 15 is 0 Å². The molecule has 0 spiro atoms. The summed E-state index contributed by atoms with van der Waals surface area (Å²) in [4.78, 5) is 0.0103. The summed E-state index contributed by atoms with van der Waals surface area (Å²) in [6, 6.07) is 8.12. The molecule has 0 unspecified atom stereocenters. The Labute approximate surface area is 122 Å². The van der Waals surface area contributed by atoms with E-state index < -0.39 is 21.5 Å². The standard InChI is InChI=1S/C15H15F2NO2S/c1-10-3-5-13(16)11(7-10)9-18-15-8-12(21(2,19)20)4-6-14(15)17/h3-8,18H,9H2,1-2H3. The van der Waals surface area contributed by atoms with Gasteiger partial charge in [0.1, 0.15) is 11.6 Å². The summed E-state index contributed by atoms with van der Waals surface area (Å²) in [6.07, 6.45) is 1.05. The lowest BCUT2D eigenvalue weighted by atomic mass is 10.1. The van der Waals surface area contributed by atoms with E-state index in [2.05, 4.69) is 5.32 Å². The SMILES string of the molecule is Cc1ccc(F)c(CNc2cc(S(C)(=O)=O)ccc2F)c1. The van der Waals surface area contributed by atoms with Crippen molar-refractivity contribution in [1.82, 2.24) is 0 Å². The predicted octanol–water partition coefficient (Wildman–Crippen LogP) is 3.29. The van der Waals surface area contributed by atoms with Crippen molar-refractivity contribution in [2.45, 2.75) is 18.4 Å². The van der Waals surface area contributed by atoms with E-state index in [1.165, 1.54) is 18.2 Å². The minimum Gasteiger partial charge on any atom is -0.378 e. The quantitative estimate of drug-likeness (QED) is 0.881. The molecule has 2 aromatic rings. The number of nitrogens with one attached hydrogen (secondary N) is 1. The summed E-state index contributed by atoms with van der Waals surface area (Å²) in [5.74, 6) is -0.983. The van der Waals surface area contributed by atoms with E-state index in [1.807, 2.05) is 6.92 Å². The van der Waals surface area contributed by atoms with Crippen LogP contribution in [0.4, 0.5) is 14.5 Å². The zero-order chi connectivity index (χ0) is 15.6. The van der Waals surface area contributed by atoms with Crippen molar-refractivity contribution in [2.24, 2.45) is 0 Å². The highest BCUT2D eigenvalue weighted by molar-refractivity contribution is 7.90. The molecule has 1 N–H and O–H groups in total. The third kappa shape index (κ3) is 3.78. The van der Waals surface area contributed by atoms with Crippen LogP contribution < -0.4 is 5.32 Å². The van der Waals surface area contributed by atoms with Gasteiger partial charge in [0.25, 0.3) is 0 Å². The maximum absolute atomic E-state index is 13.7. The second-order valence-electron chi connectivity index (χ2n) is 4.86. The molecule has 0 aliphatic carbocycles. The molecule has 0 aromatic heterocycles. The molecule has 21 heavy (non-hydrogen) atoms. The van der Waals surface area contributed by atoms with Gasteiger partial charge in [0, 0.05) is 18.4 Å². The van der Waals surface area contributed by atoms with Crippen molar-refractivity contribution in [3.05, 3.63) is 59.2 Å². The molecule has 0 heterocycles. The third-order valence-electron chi connectivity index (χ3n) is 3.04.